The van der Waals surface area contributed by atoms with E-state index in [1.165, 1.54) is 0 Å². The summed E-state index contributed by atoms with van der Waals surface area (Å²) >= 11 is 0. The van der Waals surface area contributed by atoms with Crippen LogP contribution in [0.15, 0.2) is 0 Å². The molecule has 0 aromatic carbocycles. The molecule has 3 atom stereocenters. The molecule has 1 N–H and O–H groups in total. The molecular formula is C16H28N2O3. The largest absolute Gasteiger partial charge is 0.481 e. The summed E-state index contributed by atoms with van der Waals surface area (Å²) < 4.78 is 0. The minimum absolute atomic E-state index is 0.0803. The summed E-state index contributed by atoms with van der Waals surface area (Å²) in [6, 6.07) is 0.441. The fourth-order valence-corrected chi connectivity index (χ4v) is 3.94. The van der Waals surface area contributed by atoms with E-state index >= 15 is 0 Å². The van der Waals surface area contributed by atoms with Gasteiger partial charge in [-0.15, -0.1) is 0 Å². The number of hydrogen-bond acceptors (Lipinski definition) is 3. The fourth-order valence-electron chi connectivity index (χ4n) is 3.94. The lowest BCUT2D eigenvalue weighted by Gasteiger charge is -2.31. The van der Waals surface area contributed by atoms with Gasteiger partial charge in [0.1, 0.15) is 0 Å². The average molecular weight is 296 g/mol. The fraction of sp³-hybridized carbons (Fsp3) is 0.875. The first-order chi connectivity index (χ1) is 10.1. The van der Waals surface area contributed by atoms with Crippen LogP contribution in [0.2, 0.25) is 0 Å². The predicted molar refractivity (Wildman–Crippen MR) is 81.0 cm³/mol. The Morgan fingerprint density at radius 1 is 1.10 bits per heavy atom. The van der Waals surface area contributed by atoms with Gasteiger partial charge < -0.3 is 10.0 Å². The van der Waals surface area contributed by atoms with Crippen LogP contribution in [0.5, 0.6) is 0 Å². The van der Waals surface area contributed by atoms with Crippen molar-refractivity contribution < 1.29 is 14.7 Å². The van der Waals surface area contributed by atoms with Gasteiger partial charge in [0, 0.05) is 19.1 Å². The molecule has 5 nitrogen and oxygen atoms in total. The van der Waals surface area contributed by atoms with E-state index in [0.29, 0.717) is 12.5 Å². The first-order valence-corrected chi connectivity index (χ1v) is 8.34. The molecule has 0 radical (unpaired) electrons. The van der Waals surface area contributed by atoms with Gasteiger partial charge in [-0.25, -0.2) is 0 Å². The zero-order valence-corrected chi connectivity index (χ0v) is 13.3. The molecule has 2 aliphatic rings. The van der Waals surface area contributed by atoms with Gasteiger partial charge in [0.05, 0.1) is 11.8 Å². The van der Waals surface area contributed by atoms with E-state index < -0.39 is 11.9 Å². The number of rotatable bonds is 5. The van der Waals surface area contributed by atoms with E-state index in [9.17, 15) is 14.7 Å². The van der Waals surface area contributed by atoms with Crippen molar-refractivity contribution in [3.05, 3.63) is 0 Å². The highest BCUT2D eigenvalue weighted by atomic mass is 16.4. The number of nitrogens with zero attached hydrogens (tertiary/aromatic N) is 2. The average Bonchev–Trinajstić information content (AvgIpc) is 2.97. The van der Waals surface area contributed by atoms with E-state index in [4.69, 9.17) is 0 Å². The number of carbonyl (C=O) groups is 2. The third kappa shape index (κ3) is 3.57. The van der Waals surface area contributed by atoms with Gasteiger partial charge in [0.25, 0.3) is 0 Å². The smallest absolute Gasteiger partial charge is 0.307 e. The molecule has 1 heterocycles. The monoisotopic (exact) mass is 296 g/mol. The molecule has 0 bridgehead atoms. The minimum Gasteiger partial charge on any atom is -0.481 e. The van der Waals surface area contributed by atoms with E-state index in [1.807, 2.05) is 4.90 Å². The summed E-state index contributed by atoms with van der Waals surface area (Å²) in [6.45, 7) is 7.85. The maximum Gasteiger partial charge on any atom is 0.307 e. The van der Waals surface area contributed by atoms with Gasteiger partial charge in [-0.1, -0.05) is 26.7 Å². The van der Waals surface area contributed by atoms with Crippen molar-refractivity contribution in [2.45, 2.75) is 52.0 Å². The van der Waals surface area contributed by atoms with Crippen LogP contribution in [0.4, 0.5) is 0 Å². The molecule has 1 amide bonds. The molecule has 0 spiro atoms. The van der Waals surface area contributed by atoms with Crippen molar-refractivity contribution in [2.75, 3.05) is 26.2 Å². The number of amides is 1. The molecule has 0 aromatic heterocycles. The van der Waals surface area contributed by atoms with E-state index in [-0.39, 0.29) is 11.8 Å². The lowest BCUT2D eigenvalue weighted by molar-refractivity contribution is -0.152. The predicted octanol–water partition coefficient (Wildman–Crippen LogP) is 1.82. The highest BCUT2D eigenvalue weighted by molar-refractivity contribution is 5.85. The Balaban J connectivity index is 1.98. The Hall–Kier alpha value is -1.10. The second-order valence-electron chi connectivity index (χ2n) is 6.28. The van der Waals surface area contributed by atoms with E-state index in [1.54, 1.807) is 0 Å². The second kappa shape index (κ2) is 7.25. The summed E-state index contributed by atoms with van der Waals surface area (Å²) in [5.41, 5.74) is 0. The van der Waals surface area contributed by atoms with Crippen LogP contribution in [0.25, 0.3) is 0 Å². The summed E-state index contributed by atoms with van der Waals surface area (Å²) in [7, 11) is 0. The van der Waals surface area contributed by atoms with Crippen molar-refractivity contribution in [1.29, 1.82) is 0 Å². The molecule has 5 heteroatoms. The molecule has 1 aliphatic carbocycles. The number of likely N-dealkylation sites (N-methyl/N-ethyl adjacent to an activating group) is 1. The molecule has 120 valence electrons. The molecule has 0 aromatic rings. The normalized spacial score (nSPS) is 29.9. The van der Waals surface area contributed by atoms with Crippen molar-refractivity contribution >= 4 is 11.9 Å². The highest BCUT2D eigenvalue weighted by Crippen LogP contribution is 2.32. The van der Waals surface area contributed by atoms with Crippen LogP contribution in [0.1, 0.15) is 46.0 Å². The third-order valence-corrected chi connectivity index (χ3v) is 5.20. The summed E-state index contributed by atoms with van der Waals surface area (Å²) in [5.74, 6) is -1.49. The van der Waals surface area contributed by atoms with Crippen molar-refractivity contribution in [3.8, 4) is 0 Å². The molecule has 1 saturated heterocycles. The van der Waals surface area contributed by atoms with Gasteiger partial charge in [-0.05, 0) is 32.4 Å². The van der Waals surface area contributed by atoms with Gasteiger partial charge in [0.2, 0.25) is 5.91 Å². The molecule has 1 saturated carbocycles. The Morgan fingerprint density at radius 3 is 2.29 bits per heavy atom. The summed E-state index contributed by atoms with van der Waals surface area (Å²) in [4.78, 5) is 28.4. The van der Waals surface area contributed by atoms with Gasteiger partial charge in [-0.3, -0.25) is 14.5 Å². The van der Waals surface area contributed by atoms with Gasteiger partial charge in [0.15, 0.2) is 0 Å². The number of carbonyl (C=O) groups excluding carboxylic acids is 1. The van der Waals surface area contributed by atoms with Crippen LogP contribution in [0.3, 0.4) is 0 Å². The van der Waals surface area contributed by atoms with Crippen LogP contribution in [-0.2, 0) is 9.59 Å². The zero-order valence-electron chi connectivity index (χ0n) is 13.3. The molecular weight excluding hydrogens is 268 g/mol. The number of carboxylic acid groups (broad SMARTS) is 1. The third-order valence-electron chi connectivity index (χ3n) is 5.20. The Kier molecular flexibility index (Phi) is 5.62. The maximum atomic E-state index is 12.7. The molecule has 1 aliphatic heterocycles. The topological polar surface area (TPSA) is 60.9 Å². The lowest BCUT2D eigenvalue weighted by atomic mass is 9.78. The van der Waals surface area contributed by atoms with Crippen molar-refractivity contribution in [2.24, 2.45) is 11.8 Å². The second-order valence-corrected chi connectivity index (χ2v) is 6.28. The van der Waals surface area contributed by atoms with Crippen LogP contribution < -0.4 is 0 Å². The summed E-state index contributed by atoms with van der Waals surface area (Å²) in [6.07, 6.45) is 4.31. The standard InChI is InChI=1S/C16H28N2O3/c1-3-17(4-2)12-9-10-18(11-12)15(19)13-7-5-6-8-14(13)16(20)21/h12-14H,3-11H2,1-2H3,(H,20,21)/t12?,13-,14+/m1/s1. The first kappa shape index (κ1) is 16.3. The van der Waals surface area contributed by atoms with Crippen LogP contribution >= 0.6 is 0 Å². The zero-order chi connectivity index (χ0) is 15.4. The van der Waals surface area contributed by atoms with Crippen LogP contribution in [0, 0.1) is 11.8 Å². The molecule has 2 fully saturated rings. The van der Waals surface area contributed by atoms with Crippen molar-refractivity contribution in [1.82, 2.24) is 9.80 Å². The van der Waals surface area contributed by atoms with Gasteiger partial charge in [-0.2, -0.15) is 0 Å². The Bertz CT molecular complexity index is 382. The van der Waals surface area contributed by atoms with Gasteiger partial charge >= 0.3 is 5.97 Å². The summed E-state index contributed by atoms with van der Waals surface area (Å²) in [5, 5.41) is 9.34. The lowest BCUT2D eigenvalue weighted by Crippen LogP contribution is -2.43. The Morgan fingerprint density at radius 2 is 1.71 bits per heavy atom. The molecule has 2 rings (SSSR count). The molecule has 21 heavy (non-hydrogen) atoms. The number of carboxylic acids is 1. The number of likely N-dealkylation sites (tertiary alicyclic amines) is 1. The van der Waals surface area contributed by atoms with E-state index in [2.05, 4.69) is 18.7 Å². The van der Waals surface area contributed by atoms with E-state index in [0.717, 1.165) is 51.9 Å². The number of hydrogen-bond donors (Lipinski definition) is 1. The Labute approximate surface area is 127 Å². The van der Waals surface area contributed by atoms with Crippen LogP contribution in [-0.4, -0.2) is 59.0 Å². The number of aliphatic carboxylic acids is 1. The maximum absolute atomic E-state index is 12.7. The molecule has 1 unspecified atom stereocenters. The quantitative estimate of drug-likeness (QED) is 0.840. The SMILES string of the molecule is CCN(CC)C1CCN(C(=O)[C@@H]2CCCC[C@@H]2C(=O)O)C1. The first-order valence-electron chi connectivity index (χ1n) is 8.34. The highest BCUT2D eigenvalue weighted by Gasteiger charge is 2.40. The van der Waals surface area contributed by atoms with Crippen molar-refractivity contribution in [3.63, 3.8) is 0 Å². The minimum atomic E-state index is -0.799.